The summed E-state index contributed by atoms with van der Waals surface area (Å²) in [4.78, 5) is 154. The van der Waals surface area contributed by atoms with Crippen LogP contribution in [0.4, 0.5) is 0 Å². The number of carbonyl (C=O) groups excluding carboxylic acids is 12. The number of amides is 12. The normalized spacial score (nSPS) is 12.9. The van der Waals surface area contributed by atoms with Crippen molar-refractivity contribution in [3.8, 4) is 0 Å². The number of rotatable bonds is 101. The van der Waals surface area contributed by atoms with E-state index >= 15 is 0 Å². The molecule has 2 heterocycles. The molecule has 2 unspecified atom stereocenters. The lowest BCUT2D eigenvalue weighted by Gasteiger charge is -2.28. The van der Waals surface area contributed by atoms with E-state index in [4.69, 9.17) is 114 Å². The van der Waals surface area contributed by atoms with Gasteiger partial charge in [-0.2, -0.15) is 0 Å². The summed E-state index contributed by atoms with van der Waals surface area (Å²) in [5.74, 6) is -6.18. The number of hydrogen-bond acceptors (Lipinski definition) is 36. The van der Waals surface area contributed by atoms with Crippen molar-refractivity contribution in [2.75, 3.05) is 369 Å². The molecule has 8 N–H and O–H groups in total. The summed E-state index contributed by atoms with van der Waals surface area (Å²) in [7, 11) is 0. The van der Waals surface area contributed by atoms with Gasteiger partial charge in [0.15, 0.2) is 0 Å². The molecule has 0 fully saturated rings. The molecule has 0 aromatic heterocycles. The van der Waals surface area contributed by atoms with Crippen LogP contribution in [0, 0.1) is 0 Å². The fraction of sp³-hybridized carbons (Fsp3) is 0.814. The summed E-state index contributed by atoms with van der Waals surface area (Å²) >= 11 is 0. The second-order valence-electron chi connectivity index (χ2n) is 28.3. The smallest absolute Gasteiger partial charge is 0.253 e. The Balaban J connectivity index is 1.55. The van der Waals surface area contributed by atoms with Gasteiger partial charge in [-0.1, -0.05) is 13.8 Å². The van der Waals surface area contributed by atoms with E-state index in [1.165, 1.54) is 0 Å². The fourth-order valence-electron chi connectivity index (χ4n) is 10.8. The Hall–Kier alpha value is -7.44. The minimum absolute atomic E-state index is 0.0113. The Morgan fingerprint density at radius 3 is 0.553 bits per heavy atom. The minimum Gasteiger partial charge on any atom is -0.379 e. The zero-order valence-corrected chi connectivity index (χ0v) is 77.7. The van der Waals surface area contributed by atoms with Crippen LogP contribution in [0.3, 0.4) is 0 Å². The zero-order valence-electron chi connectivity index (χ0n) is 77.7. The lowest BCUT2D eigenvalue weighted by molar-refractivity contribution is -0.139. The summed E-state index contributed by atoms with van der Waals surface area (Å²) < 4.78 is 132. The molecule has 0 aliphatic carbocycles. The highest BCUT2D eigenvalue weighted by Gasteiger charge is 2.37. The highest BCUT2D eigenvalue weighted by atomic mass is 16.6. The maximum absolute atomic E-state index is 14.1. The molecule has 46 heteroatoms. The van der Waals surface area contributed by atoms with E-state index in [1.807, 2.05) is 0 Å². The molecule has 132 heavy (non-hydrogen) atoms. The molecule has 0 radical (unpaired) electrons. The Morgan fingerprint density at radius 2 is 0.371 bits per heavy atom. The number of nitrogens with one attached hydrogen (secondary N) is 8. The molecule has 0 aromatic carbocycles. The van der Waals surface area contributed by atoms with Gasteiger partial charge in [0.2, 0.25) is 47.3 Å². The Bertz CT molecular complexity index is 2790. The van der Waals surface area contributed by atoms with Crippen LogP contribution in [0.2, 0.25) is 0 Å². The zero-order chi connectivity index (χ0) is 95.4. The molecular formula is C86H152N10O36. The van der Waals surface area contributed by atoms with Crippen molar-refractivity contribution in [2.45, 2.75) is 90.1 Å². The van der Waals surface area contributed by atoms with Crippen molar-refractivity contribution in [3.63, 3.8) is 0 Å². The molecule has 2 rings (SSSR count). The molecule has 2 atom stereocenters. The Morgan fingerprint density at radius 1 is 0.212 bits per heavy atom. The maximum Gasteiger partial charge on any atom is 0.253 e. The fourth-order valence-corrected chi connectivity index (χ4v) is 10.8. The van der Waals surface area contributed by atoms with Crippen molar-refractivity contribution < 1.29 is 171 Å². The predicted octanol–water partition coefficient (Wildman–Crippen LogP) is -3.16. The number of ether oxygens (including phenoxy) is 24. The quantitative estimate of drug-likeness (QED) is 0.0220. The van der Waals surface area contributed by atoms with E-state index in [0.717, 1.165) is 60.2 Å². The first-order chi connectivity index (χ1) is 64.7. The first-order valence-corrected chi connectivity index (χ1v) is 45.8. The van der Waals surface area contributed by atoms with Gasteiger partial charge in [0.05, 0.1) is 304 Å². The number of carbonyl (C=O) groups is 12. The van der Waals surface area contributed by atoms with Crippen LogP contribution in [-0.2, 0) is 171 Å². The van der Waals surface area contributed by atoms with Crippen molar-refractivity contribution in [2.24, 2.45) is 0 Å². The number of hydrogen-bond donors (Lipinski definition) is 8. The average molecular weight is 1900 g/mol. The van der Waals surface area contributed by atoms with Crippen LogP contribution < -0.4 is 42.5 Å². The van der Waals surface area contributed by atoms with Gasteiger partial charge in [-0.3, -0.25) is 67.3 Å². The van der Waals surface area contributed by atoms with Crippen molar-refractivity contribution in [3.05, 3.63) is 24.3 Å². The van der Waals surface area contributed by atoms with E-state index in [2.05, 4.69) is 56.4 Å². The van der Waals surface area contributed by atoms with Gasteiger partial charge in [-0.25, -0.2) is 0 Å². The third-order valence-corrected chi connectivity index (χ3v) is 17.6. The first kappa shape index (κ1) is 121. The molecule has 0 saturated heterocycles. The van der Waals surface area contributed by atoms with Crippen molar-refractivity contribution >= 4 is 70.9 Å². The number of imide groups is 2. The third kappa shape index (κ3) is 75.8. The van der Waals surface area contributed by atoms with Crippen molar-refractivity contribution in [1.82, 2.24) is 52.3 Å². The van der Waals surface area contributed by atoms with E-state index in [9.17, 15) is 57.5 Å². The Labute approximate surface area is 775 Å². The van der Waals surface area contributed by atoms with E-state index < -0.39 is 59.3 Å². The highest BCUT2D eigenvalue weighted by Crippen LogP contribution is 2.10. The van der Waals surface area contributed by atoms with Gasteiger partial charge >= 0.3 is 0 Å². The molecule has 0 saturated carbocycles. The van der Waals surface area contributed by atoms with Gasteiger partial charge in [0.1, 0.15) is 12.1 Å². The summed E-state index contributed by atoms with van der Waals surface area (Å²) in [5.41, 5.74) is 0. The summed E-state index contributed by atoms with van der Waals surface area (Å²) in [5, 5.41) is 21.4. The van der Waals surface area contributed by atoms with Crippen LogP contribution in [0.5, 0.6) is 0 Å². The second kappa shape index (κ2) is 91.3. The molecule has 12 amide bonds. The van der Waals surface area contributed by atoms with Gasteiger partial charge in [0, 0.05) is 128 Å². The Kier molecular flexibility index (Phi) is 83.5. The molecule has 2 aliphatic heterocycles. The van der Waals surface area contributed by atoms with Crippen LogP contribution >= 0.6 is 0 Å². The molecule has 0 bridgehead atoms. The second-order valence-corrected chi connectivity index (χ2v) is 28.3. The van der Waals surface area contributed by atoms with Crippen LogP contribution in [0.15, 0.2) is 24.3 Å². The summed E-state index contributed by atoms with van der Waals surface area (Å²) in [6, 6.07) is -3.47. The molecule has 46 nitrogen and oxygen atoms in total. The lowest BCUT2D eigenvalue weighted by atomic mass is 10.0. The van der Waals surface area contributed by atoms with Crippen LogP contribution in [0.1, 0.15) is 78.1 Å². The maximum atomic E-state index is 14.1. The largest absolute Gasteiger partial charge is 0.379 e. The van der Waals surface area contributed by atoms with Gasteiger partial charge in [-0.15, -0.1) is 0 Å². The molecule has 762 valence electrons. The highest BCUT2D eigenvalue weighted by molar-refractivity contribution is 6.13. The van der Waals surface area contributed by atoms with Gasteiger partial charge in [-0.05, 0) is 25.7 Å². The van der Waals surface area contributed by atoms with Crippen LogP contribution in [-0.4, -0.2) is 462 Å². The summed E-state index contributed by atoms with van der Waals surface area (Å²) in [6.07, 6.45) is 6.48. The minimum atomic E-state index is -1.74. The molecule has 0 aromatic rings. The third-order valence-electron chi connectivity index (χ3n) is 17.6. The van der Waals surface area contributed by atoms with E-state index in [-0.39, 0.29) is 220 Å². The average Bonchev–Trinajstić information content (AvgIpc) is 1.02. The van der Waals surface area contributed by atoms with E-state index in [1.54, 1.807) is 0 Å². The van der Waals surface area contributed by atoms with Crippen molar-refractivity contribution in [1.29, 1.82) is 0 Å². The van der Waals surface area contributed by atoms with Crippen LogP contribution in [0.25, 0.3) is 0 Å². The monoisotopic (exact) mass is 1900 g/mol. The van der Waals surface area contributed by atoms with E-state index in [0.29, 0.717) is 211 Å². The van der Waals surface area contributed by atoms with Gasteiger partial charge < -0.3 is 156 Å². The molecule has 2 aliphatic rings. The number of nitrogens with zero attached hydrogens (tertiary/aromatic N) is 2. The first-order valence-electron chi connectivity index (χ1n) is 45.8. The standard InChI is InChI=1S/C86H152N10O36/c1-3-25-109-37-49-121-61-67-127-55-43-115-31-17-87-73(97)13-27-111-39-51-123-63-69-129-57-45-117-33-19-89-75(99)15-29-113-41-53-125-65-71-131-59-47-119-35-21-91-85(107)83(93-77(101)7-5-23-95-79(103)9-10-80(95)104)84(94-78(102)8-6-24-96-81(105)11-12-82(96)106)86(108)92-22-36-120-48-60-132-72-66-126-54-42-114-30-16-76(100)90-20-34-118-46-58-130-70-64-124-52-40-112-28-14-74(98)88-18-32-116-44-56-128-68-62-122-50-38-110-26-4-2/h9-12,83-84H,3-8,13-72H2,1-2H3,(H,87,97)(H,88,98)(H,89,99)(H,90,100)(H,91,107)(H,92,108)(H,93,101)(H,94,102). The lowest BCUT2D eigenvalue weighted by Crippen LogP contribution is -2.64. The molecule has 0 spiro atoms. The van der Waals surface area contributed by atoms with Gasteiger partial charge in [0.25, 0.3) is 23.6 Å². The predicted molar refractivity (Wildman–Crippen MR) is 471 cm³/mol. The SMILES string of the molecule is CCCOCCOCCOCCOCCNC(=O)CCOCCOCCOCCOCCNC(=O)CCOCCOCCOCCOCCNC(=O)C(NC(=O)CCCN1C(=O)C=CC1=O)C(NC(=O)CCCN1C(=O)C=CC1=O)C(=O)NCCOCCOCCOCCOCCC(=O)NCCOCCOCCOCCOCCC(=O)NCCOCCOCCOCCOCCC. The topological polar surface area (TPSA) is 529 Å². The molecular weight excluding hydrogens is 1750 g/mol. The summed E-state index contributed by atoms with van der Waals surface area (Å²) in [6.45, 7) is 21.4.